The van der Waals surface area contributed by atoms with E-state index in [9.17, 15) is 18.4 Å². The van der Waals surface area contributed by atoms with Crippen LogP contribution >= 0.6 is 0 Å². The molecule has 9 heteroatoms. The Morgan fingerprint density at radius 2 is 1.77 bits per heavy atom. The highest BCUT2D eigenvalue weighted by Crippen LogP contribution is 2.28. The van der Waals surface area contributed by atoms with Crippen molar-refractivity contribution in [1.29, 1.82) is 0 Å². The molecule has 1 aliphatic rings. The average Bonchev–Trinajstić information content (AvgIpc) is 2.84. The van der Waals surface area contributed by atoms with Gasteiger partial charge in [0, 0.05) is 49.2 Å². The van der Waals surface area contributed by atoms with Gasteiger partial charge in [-0.2, -0.15) is 5.10 Å². The minimum Gasteiger partial charge on any atom is -0.369 e. The van der Waals surface area contributed by atoms with Crippen molar-refractivity contribution in [1.82, 2.24) is 20.0 Å². The lowest BCUT2D eigenvalue weighted by Gasteiger charge is -2.37. The van der Waals surface area contributed by atoms with Crippen LogP contribution in [-0.2, 0) is 0 Å². The number of piperazine rings is 1. The van der Waals surface area contributed by atoms with Crippen LogP contribution in [0.4, 0.5) is 14.5 Å². The summed E-state index contributed by atoms with van der Waals surface area (Å²) in [6.45, 7) is 9.83. The maximum Gasteiger partial charge on any atom is 0.276 e. The molecule has 1 atom stereocenters. The molecule has 4 rings (SSSR count). The van der Waals surface area contributed by atoms with Gasteiger partial charge in [0.1, 0.15) is 17.3 Å². The fourth-order valence-electron chi connectivity index (χ4n) is 4.38. The molecule has 184 valence electrons. The molecule has 3 aromatic rings. The monoisotopic (exact) mass is 481 g/mol. The number of hydrogen-bond donors (Lipinski definition) is 1. The number of carbonyl (C=O) groups excluding carboxylic acids is 1. The highest BCUT2D eigenvalue weighted by molar-refractivity contribution is 5.92. The van der Waals surface area contributed by atoms with E-state index in [0.29, 0.717) is 11.3 Å². The fourth-order valence-corrected chi connectivity index (χ4v) is 4.38. The summed E-state index contributed by atoms with van der Waals surface area (Å²) in [6, 6.07) is 11.2. The van der Waals surface area contributed by atoms with E-state index in [1.807, 2.05) is 0 Å². The predicted octanol–water partition coefficient (Wildman–Crippen LogP) is 3.45. The number of para-hydroxylation sites is 1. The summed E-state index contributed by atoms with van der Waals surface area (Å²) in [6.07, 6.45) is 0. The number of nitrogens with one attached hydrogen (secondary N) is 1. The number of carbonyl (C=O) groups is 1. The first kappa shape index (κ1) is 24.5. The minimum atomic E-state index is -0.710. The first-order valence-electron chi connectivity index (χ1n) is 11.7. The van der Waals surface area contributed by atoms with E-state index >= 15 is 0 Å². The van der Waals surface area contributed by atoms with Gasteiger partial charge in [-0.25, -0.2) is 13.5 Å². The Morgan fingerprint density at radius 1 is 1.06 bits per heavy atom. The van der Waals surface area contributed by atoms with Gasteiger partial charge in [-0.15, -0.1) is 0 Å². The number of aromatic nitrogens is 2. The molecule has 0 aliphatic carbocycles. The molecule has 0 radical (unpaired) electrons. The van der Waals surface area contributed by atoms with Crippen molar-refractivity contribution in [2.24, 2.45) is 0 Å². The van der Waals surface area contributed by atoms with Crippen LogP contribution in [0.3, 0.4) is 0 Å². The van der Waals surface area contributed by atoms with Crippen LogP contribution in [0, 0.1) is 18.6 Å². The molecule has 0 spiro atoms. The van der Waals surface area contributed by atoms with Crippen molar-refractivity contribution in [3.8, 4) is 5.69 Å². The van der Waals surface area contributed by atoms with Crippen molar-refractivity contribution in [3.63, 3.8) is 0 Å². The molecule has 35 heavy (non-hydrogen) atoms. The van der Waals surface area contributed by atoms with E-state index in [1.54, 1.807) is 32.0 Å². The van der Waals surface area contributed by atoms with Crippen LogP contribution in [0.25, 0.3) is 5.69 Å². The summed E-state index contributed by atoms with van der Waals surface area (Å²) in [7, 11) is 0. The summed E-state index contributed by atoms with van der Waals surface area (Å²) in [5.41, 5.74) is 1.05. The molecule has 1 fully saturated rings. The Bertz CT molecular complexity index is 1280. The van der Waals surface area contributed by atoms with Gasteiger partial charge < -0.3 is 15.1 Å². The number of aryl methyl sites for hydroxylation is 1. The van der Waals surface area contributed by atoms with Crippen molar-refractivity contribution < 1.29 is 13.6 Å². The third-order valence-electron chi connectivity index (χ3n) is 6.37. The van der Waals surface area contributed by atoms with Crippen LogP contribution in [0.2, 0.25) is 0 Å². The number of hydrogen-bond acceptors (Lipinski definition) is 5. The number of halogens is 2. The quantitative estimate of drug-likeness (QED) is 0.584. The summed E-state index contributed by atoms with van der Waals surface area (Å²) in [5.74, 6) is -1.65. The molecule has 1 aromatic heterocycles. The third kappa shape index (κ3) is 5.24. The Labute approximate surface area is 203 Å². The van der Waals surface area contributed by atoms with E-state index in [1.165, 1.54) is 35.0 Å². The van der Waals surface area contributed by atoms with Gasteiger partial charge in [0.05, 0.1) is 6.04 Å². The number of nitrogens with zero attached hydrogens (tertiary/aromatic N) is 4. The molecule has 1 amide bonds. The van der Waals surface area contributed by atoms with Gasteiger partial charge in [-0.3, -0.25) is 9.59 Å². The summed E-state index contributed by atoms with van der Waals surface area (Å²) in [4.78, 5) is 30.2. The van der Waals surface area contributed by atoms with Gasteiger partial charge in [0.2, 0.25) is 5.43 Å². The fraction of sp³-hybridized carbons (Fsp3) is 0.346. The highest BCUT2D eigenvalue weighted by atomic mass is 19.1. The summed E-state index contributed by atoms with van der Waals surface area (Å²) >= 11 is 0. The normalized spacial score (nSPS) is 15.2. The number of benzene rings is 2. The smallest absolute Gasteiger partial charge is 0.276 e. The molecule has 1 aliphatic heterocycles. The second-order valence-electron chi connectivity index (χ2n) is 8.68. The molecule has 1 saturated heterocycles. The van der Waals surface area contributed by atoms with Gasteiger partial charge in [0.25, 0.3) is 5.91 Å². The topological polar surface area (TPSA) is 70.5 Å². The SMILES string of the molecule is CCN1CCN(c2ccc(F)cc2C(C)NC(=O)c2nn(-c3ccccc3F)c(C)cc2=O)CC1. The van der Waals surface area contributed by atoms with E-state index in [2.05, 4.69) is 27.1 Å². The average molecular weight is 482 g/mol. The molecule has 2 aromatic carbocycles. The van der Waals surface area contributed by atoms with Crippen LogP contribution < -0.4 is 15.6 Å². The molecule has 0 saturated carbocycles. The molecule has 7 nitrogen and oxygen atoms in total. The number of anilines is 1. The number of likely N-dealkylation sites (N-methyl/N-ethyl adjacent to an activating group) is 1. The van der Waals surface area contributed by atoms with Crippen LogP contribution in [0.1, 0.15) is 41.6 Å². The summed E-state index contributed by atoms with van der Waals surface area (Å²) < 4.78 is 29.8. The number of amides is 1. The highest BCUT2D eigenvalue weighted by Gasteiger charge is 2.24. The lowest BCUT2D eigenvalue weighted by atomic mass is 10.0. The minimum absolute atomic E-state index is 0.130. The maximum absolute atomic E-state index is 14.3. The predicted molar refractivity (Wildman–Crippen MR) is 131 cm³/mol. The van der Waals surface area contributed by atoms with Gasteiger partial charge in [0.15, 0.2) is 5.69 Å². The molecular weight excluding hydrogens is 452 g/mol. The maximum atomic E-state index is 14.3. The molecule has 0 bridgehead atoms. The van der Waals surface area contributed by atoms with E-state index < -0.39 is 29.0 Å². The van der Waals surface area contributed by atoms with Gasteiger partial charge in [-0.05, 0) is 50.7 Å². The first-order chi connectivity index (χ1) is 16.8. The van der Waals surface area contributed by atoms with Crippen molar-refractivity contribution in [2.75, 3.05) is 37.6 Å². The lowest BCUT2D eigenvalue weighted by Crippen LogP contribution is -2.46. The standard InChI is InChI=1S/C26H29F2N5O2/c1-4-31-11-13-32(14-12-31)22-10-9-19(27)16-20(22)18(3)29-26(35)25-24(34)15-17(2)33(30-25)23-8-6-5-7-21(23)28/h5-10,15-16,18H,4,11-14H2,1-3H3,(H,29,35). The Kier molecular flexibility index (Phi) is 7.25. The van der Waals surface area contributed by atoms with Crippen molar-refractivity contribution in [2.45, 2.75) is 26.8 Å². The lowest BCUT2D eigenvalue weighted by molar-refractivity contribution is 0.0931. The second-order valence-corrected chi connectivity index (χ2v) is 8.68. The first-order valence-corrected chi connectivity index (χ1v) is 11.7. The van der Waals surface area contributed by atoms with Crippen LogP contribution in [0.5, 0.6) is 0 Å². The van der Waals surface area contributed by atoms with Gasteiger partial charge >= 0.3 is 0 Å². The van der Waals surface area contributed by atoms with Crippen LogP contribution in [0.15, 0.2) is 53.3 Å². The van der Waals surface area contributed by atoms with E-state index in [-0.39, 0.29) is 11.4 Å². The molecule has 2 heterocycles. The van der Waals surface area contributed by atoms with Crippen LogP contribution in [-0.4, -0.2) is 53.3 Å². The largest absolute Gasteiger partial charge is 0.369 e. The van der Waals surface area contributed by atoms with E-state index in [4.69, 9.17) is 0 Å². The Hall–Kier alpha value is -3.59. The summed E-state index contributed by atoms with van der Waals surface area (Å²) in [5, 5.41) is 6.94. The zero-order chi connectivity index (χ0) is 25.1. The van der Waals surface area contributed by atoms with Crippen molar-refractivity contribution in [3.05, 3.63) is 87.3 Å². The molecule has 1 N–H and O–H groups in total. The molecular formula is C26H29F2N5O2. The number of rotatable bonds is 6. The second kappa shape index (κ2) is 10.4. The van der Waals surface area contributed by atoms with E-state index in [0.717, 1.165) is 38.4 Å². The Morgan fingerprint density at radius 3 is 2.46 bits per heavy atom. The van der Waals surface area contributed by atoms with Gasteiger partial charge in [-0.1, -0.05) is 19.1 Å². The van der Waals surface area contributed by atoms with Crippen molar-refractivity contribution >= 4 is 11.6 Å². The third-order valence-corrected chi connectivity index (χ3v) is 6.37. The molecule has 1 unspecified atom stereocenters. The zero-order valence-electron chi connectivity index (χ0n) is 20.1. The Balaban J connectivity index is 1.61. The zero-order valence-corrected chi connectivity index (χ0v) is 20.1.